The van der Waals surface area contributed by atoms with Crippen LogP contribution in [0.25, 0.3) is 0 Å². The molecule has 7 nitrogen and oxygen atoms in total. The Morgan fingerprint density at radius 3 is 2.53 bits per heavy atom. The van der Waals surface area contributed by atoms with Crippen molar-refractivity contribution in [3.05, 3.63) is 77.4 Å². The monoisotopic (exact) mass is 437 g/mol. The van der Waals surface area contributed by atoms with Crippen molar-refractivity contribution in [3.8, 4) is 0 Å². The fourth-order valence-electron chi connectivity index (χ4n) is 3.27. The van der Waals surface area contributed by atoms with Gasteiger partial charge in [-0.3, -0.25) is 14.3 Å². The van der Waals surface area contributed by atoms with Crippen molar-refractivity contribution in [3.63, 3.8) is 0 Å². The third-order valence-electron chi connectivity index (χ3n) is 5.30. The Kier molecular flexibility index (Phi) is 7.72. The summed E-state index contributed by atoms with van der Waals surface area (Å²) in [5.74, 6) is -1.50. The Morgan fingerprint density at radius 1 is 1.06 bits per heavy atom. The number of likely N-dealkylation sites (N-methyl/N-ethyl adjacent to an activating group) is 1. The molecule has 0 atom stereocenters. The molecule has 3 aromatic rings. The Balaban J connectivity index is 1.66. The number of halogens is 1. The van der Waals surface area contributed by atoms with Crippen LogP contribution in [0.3, 0.4) is 0 Å². The van der Waals surface area contributed by atoms with Gasteiger partial charge in [-0.15, -0.1) is 0 Å². The summed E-state index contributed by atoms with van der Waals surface area (Å²) in [5, 5.41) is 9.81. The first kappa shape index (κ1) is 23.1. The third-order valence-corrected chi connectivity index (χ3v) is 5.30. The van der Waals surface area contributed by atoms with Crippen LogP contribution in [0.4, 0.5) is 15.8 Å². The summed E-state index contributed by atoms with van der Waals surface area (Å²) >= 11 is 0. The largest absolute Gasteiger partial charge is 0.322 e. The van der Waals surface area contributed by atoms with Crippen molar-refractivity contribution >= 4 is 23.2 Å². The lowest BCUT2D eigenvalue weighted by molar-refractivity contribution is 0.101. The van der Waals surface area contributed by atoms with E-state index >= 15 is 0 Å². The highest BCUT2D eigenvalue weighted by atomic mass is 19.1. The summed E-state index contributed by atoms with van der Waals surface area (Å²) in [4.78, 5) is 27.5. The smallest absolute Gasteiger partial charge is 0.258 e. The first-order valence-corrected chi connectivity index (χ1v) is 10.6. The van der Waals surface area contributed by atoms with Crippen molar-refractivity contribution in [2.45, 2.75) is 27.3 Å². The molecule has 0 saturated carbocycles. The molecule has 0 aliphatic heterocycles. The highest BCUT2D eigenvalue weighted by Gasteiger charge is 2.15. The maximum atomic E-state index is 13.9. The van der Waals surface area contributed by atoms with E-state index in [9.17, 15) is 14.0 Å². The zero-order chi connectivity index (χ0) is 23.1. The molecule has 0 saturated heterocycles. The number of nitrogens with one attached hydrogen (secondary N) is 2. The SMILES string of the molecule is CCN(CC)CCn1cc(NC(=O)c2ccc(C)c(NC(=O)c3ccccc3F)c2)cn1. The Hall–Kier alpha value is -3.52. The molecule has 1 heterocycles. The number of nitrogens with zero attached hydrogens (tertiary/aromatic N) is 3. The van der Waals surface area contributed by atoms with Gasteiger partial charge >= 0.3 is 0 Å². The van der Waals surface area contributed by atoms with Gasteiger partial charge in [0, 0.05) is 24.0 Å². The number of hydrogen-bond donors (Lipinski definition) is 2. The molecule has 8 heteroatoms. The van der Waals surface area contributed by atoms with Gasteiger partial charge in [-0.1, -0.05) is 32.0 Å². The van der Waals surface area contributed by atoms with E-state index < -0.39 is 11.7 Å². The molecule has 32 heavy (non-hydrogen) atoms. The van der Waals surface area contributed by atoms with E-state index in [1.54, 1.807) is 48.3 Å². The molecular weight excluding hydrogens is 409 g/mol. The average Bonchev–Trinajstić information content (AvgIpc) is 3.23. The third kappa shape index (κ3) is 5.79. The van der Waals surface area contributed by atoms with Crippen molar-refractivity contribution in [1.82, 2.24) is 14.7 Å². The number of anilines is 2. The molecular formula is C24H28FN5O2. The normalized spacial score (nSPS) is 10.9. The van der Waals surface area contributed by atoms with Gasteiger partial charge in [0.1, 0.15) is 5.82 Å². The molecule has 2 amide bonds. The van der Waals surface area contributed by atoms with E-state index in [1.165, 1.54) is 18.2 Å². The van der Waals surface area contributed by atoms with Crippen LogP contribution >= 0.6 is 0 Å². The maximum Gasteiger partial charge on any atom is 0.258 e. The number of carbonyl (C=O) groups excluding carboxylic acids is 2. The lowest BCUT2D eigenvalue weighted by Crippen LogP contribution is -2.27. The van der Waals surface area contributed by atoms with E-state index in [2.05, 4.69) is 34.5 Å². The Morgan fingerprint density at radius 2 is 1.81 bits per heavy atom. The van der Waals surface area contributed by atoms with E-state index in [4.69, 9.17) is 0 Å². The number of benzene rings is 2. The molecule has 3 rings (SSSR count). The number of amides is 2. The lowest BCUT2D eigenvalue weighted by atomic mass is 10.1. The lowest BCUT2D eigenvalue weighted by Gasteiger charge is -2.17. The van der Waals surface area contributed by atoms with Crippen LogP contribution in [-0.4, -0.2) is 46.1 Å². The molecule has 0 unspecified atom stereocenters. The van der Waals surface area contributed by atoms with Crippen LogP contribution in [0.1, 0.15) is 40.1 Å². The van der Waals surface area contributed by atoms with Gasteiger partial charge in [-0.2, -0.15) is 5.10 Å². The van der Waals surface area contributed by atoms with E-state index in [0.29, 0.717) is 16.9 Å². The zero-order valence-electron chi connectivity index (χ0n) is 18.6. The van der Waals surface area contributed by atoms with Gasteiger partial charge in [0.2, 0.25) is 0 Å². The summed E-state index contributed by atoms with van der Waals surface area (Å²) in [6.45, 7) is 9.60. The maximum absolute atomic E-state index is 13.9. The van der Waals surface area contributed by atoms with Crippen LogP contribution in [0.5, 0.6) is 0 Å². The van der Waals surface area contributed by atoms with Gasteiger partial charge in [0.25, 0.3) is 11.8 Å². The summed E-state index contributed by atoms with van der Waals surface area (Å²) in [7, 11) is 0. The predicted octanol–water partition coefficient (Wildman–Crippen LogP) is 4.18. The Bertz CT molecular complexity index is 1090. The molecule has 2 aromatic carbocycles. The topological polar surface area (TPSA) is 79.3 Å². The van der Waals surface area contributed by atoms with E-state index in [0.717, 1.165) is 31.7 Å². The summed E-state index contributed by atoms with van der Waals surface area (Å²) in [5.41, 5.74) is 2.11. The number of aromatic nitrogens is 2. The summed E-state index contributed by atoms with van der Waals surface area (Å²) in [6, 6.07) is 10.7. The van der Waals surface area contributed by atoms with E-state index in [-0.39, 0.29) is 11.5 Å². The fourth-order valence-corrected chi connectivity index (χ4v) is 3.27. The van der Waals surface area contributed by atoms with Crippen molar-refractivity contribution in [1.29, 1.82) is 0 Å². The molecule has 0 aliphatic rings. The van der Waals surface area contributed by atoms with Crippen LogP contribution in [0.2, 0.25) is 0 Å². The minimum atomic E-state index is -0.602. The van der Waals surface area contributed by atoms with E-state index in [1.807, 2.05) is 0 Å². The second-order valence-corrected chi connectivity index (χ2v) is 7.44. The second kappa shape index (κ2) is 10.7. The summed E-state index contributed by atoms with van der Waals surface area (Å²) < 4.78 is 15.7. The molecule has 0 aliphatic carbocycles. The number of hydrogen-bond acceptors (Lipinski definition) is 4. The van der Waals surface area contributed by atoms with Crippen molar-refractivity contribution in [2.24, 2.45) is 0 Å². The quantitative estimate of drug-likeness (QED) is 0.526. The first-order valence-electron chi connectivity index (χ1n) is 10.6. The molecule has 0 fully saturated rings. The highest BCUT2D eigenvalue weighted by Crippen LogP contribution is 2.20. The fraction of sp³-hybridized carbons (Fsp3) is 0.292. The van der Waals surface area contributed by atoms with Gasteiger partial charge in [-0.25, -0.2) is 4.39 Å². The van der Waals surface area contributed by atoms with Crippen LogP contribution < -0.4 is 10.6 Å². The number of aryl methyl sites for hydroxylation is 1. The van der Waals surface area contributed by atoms with Crippen LogP contribution in [0.15, 0.2) is 54.9 Å². The average molecular weight is 438 g/mol. The van der Waals surface area contributed by atoms with Gasteiger partial charge in [0.15, 0.2) is 0 Å². The highest BCUT2D eigenvalue weighted by molar-refractivity contribution is 6.07. The van der Waals surface area contributed by atoms with Crippen molar-refractivity contribution < 1.29 is 14.0 Å². The molecule has 2 N–H and O–H groups in total. The second-order valence-electron chi connectivity index (χ2n) is 7.44. The van der Waals surface area contributed by atoms with Gasteiger partial charge in [0.05, 0.1) is 24.0 Å². The van der Waals surface area contributed by atoms with Gasteiger partial charge in [-0.05, 0) is 49.8 Å². The van der Waals surface area contributed by atoms with Crippen LogP contribution in [0, 0.1) is 12.7 Å². The molecule has 0 spiro atoms. The summed E-state index contributed by atoms with van der Waals surface area (Å²) in [6.07, 6.45) is 3.39. The van der Waals surface area contributed by atoms with Crippen LogP contribution in [-0.2, 0) is 6.54 Å². The molecule has 1 aromatic heterocycles. The van der Waals surface area contributed by atoms with Crippen molar-refractivity contribution in [2.75, 3.05) is 30.3 Å². The standard InChI is InChI=1S/C24H28FN5O2/c1-4-29(5-2)12-13-30-16-19(15-26-30)27-23(31)18-11-10-17(3)22(14-18)28-24(32)20-8-6-7-9-21(20)25/h6-11,14-16H,4-5,12-13H2,1-3H3,(H,27,31)(H,28,32). The Labute approximate surface area is 187 Å². The molecule has 0 radical (unpaired) electrons. The predicted molar refractivity (Wildman–Crippen MR) is 124 cm³/mol. The minimum Gasteiger partial charge on any atom is -0.322 e. The minimum absolute atomic E-state index is 0.0566. The number of rotatable bonds is 9. The van der Waals surface area contributed by atoms with Gasteiger partial charge < -0.3 is 15.5 Å². The first-order chi connectivity index (χ1) is 15.4. The molecule has 168 valence electrons. The molecule has 0 bridgehead atoms. The number of carbonyl (C=O) groups is 2. The zero-order valence-corrected chi connectivity index (χ0v) is 18.6.